The molecule has 0 bridgehead atoms. The summed E-state index contributed by atoms with van der Waals surface area (Å²) in [4.78, 5) is 12.7. The largest absolute Gasteiger partial charge is 0.392 e. The molecule has 108 valence electrons. The van der Waals surface area contributed by atoms with Crippen LogP contribution in [-0.4, -0.2) is 10.9 Å². The van der Waals surface area contributed by atoms with Crippen LogP contribution in [0.25, 0.3) is 0 Å². The third-order valence-electron chi connectivity index (χ3n) is 3.54. The molecular weight excluding hydrogens is 280 g/mol. The molecule has 3 nitrogen and oxygen atoms in total. The zero-order chi connectivity index (χ0) is 15.4. The molecule has 4 heteroatoms. The Kier molecular flexibility index (Phi) is 4.70. The van der Waals surface area contributed by atoms with E-state index in [2.05, 4.69) is 5.32 Å². The number of carbonyl (C=O) groups is 1. The smallest absolute Gasteiger partial charge is 0.238 e. The topological polar surface area (TPSA) is 55.1 Å². The molecule has 0 aromatic heterocycles. The van der Waals surface area contributed by atoms with Gasteiger partial charge in [-0.15, -0.1) is 0 Å². The zero-order valence-corrected chi connectivity index (χ0v) is 12.9. The van der Waals surface area contributed by atoms with Crippen molar-refractivity contribution in [3.63, 3.8) is 0 Å². The SMILES string of the molecule is Cc1cccc(NC(=O)C(C(N)=S)c2ccccc2)c1C. The van der Waals surface area contributed by atoms with Gasteiger partial charge in [0.2, 0.25) is 5.91 Å². The summed E-state index contributed by atoms with van der Waals surface area (Å²) >= 11 is 5.07. The second-order valence-electron chi connectivity index (χ2n) is 4.98. The molecule has 21 heavy (non-hydrogen) atoms. The maximum absolute atomic E-state index is 12.5. The van der Waals surface area contributed by atoms with Crippen LogP contribution in [0.5, 0.6) is 0 Å². The van der Waals surface area contributed by atoms with Crippen LogP contribution < -0.4 is 11.1 Å². The first-order valence-corrected chi connectivity index (χ1v) is 7.13. The number of hydrogen-bond acceptors (Lipinski definition) is 2. The van der Waals surface area contributed by atoms with Gasteiger partial charge in [-0.25, -0.2) is 0 Å². The van der Waals surface area contributed by atoms with Crippen LogP contribution in [0.15, 0.2) is 48.5 Å². The van der Waals surface area contributed by atoms with Crippen molar-refractivity contribution in [3.05, 3.63) is 65.2 Å². The summed E-state index contributed by atoms with van der Waals surface area (Å²) < 4.78 is 0. The average molecular weight is 298 g/mol. The summed E-state index contributed by atoms with van der Waals surface area (Å²) in [6.07, 6.45) is 0. The lowest BCUT2D eigenvalue weighted by Gasteiger charge is -2.17. The van der Waals surface area contributed by atoms with E-state index in [4.69, 9.17) is 18.0 Å². The van der Waals surface area contributed by atoms with E-state index in [-0.39, 0.29) is 10.9 Å². The van der Waals surface area contributed by atoms with Crippen LogP contribution in [0.2, 0.25) is 0 Å². The molecule has 3 N–H and O–H groups in total. The van der Waals surface area contributed by atoms with Gasteiger partial charge in [-0.2, -0.15) is 0 Å². The summed E-state index contributed by atoms with van der Waals surface area (Å²) in [5, 5.41) is 2.92. The van der Waals surface area contributed by atoms with Crippen LogP contribution in [0.1, 0.15) is 22.6 Å². The van der Waals surface area contributed by atoms with Gasteiger partial charge in [0.05, 0.1) is 4.99 Å². The number of rotatable bonds is 4. The number of nitrogens with two attached hydrogens (primary N) is 1. The van der Waals surface area contributed by atoms with Gasteiger partial charge in [0.15, 0.2) is 0 Å². The third-order valence-corrected chi connectivity index (χ3v) is 3.78. The van der Waals surface area contributed by atoms with Crippen LogP contribution in [0, 0.1) is 13.8 Å². The predicted molar refractivity (Wildman–Crippen MR) is 90.5 cm³/mol. The second kappa shape index (κ2) is 6.50. The Bertz CT molecular complexity index is 668. The van der Waals surface area contributed by atoms with E-state index in [0.29, 0.717) is 0 Å². The van der Waals surface area contributed by atoms with Crippen molar-refractivity contribution in [2.75, 3.05) is 5.32 Å². The van der Waals surface area contributed by atoms with Crippen molar-refractivity contribution >= 4 is 28.8 Å². The number of anilines is 1. The number of nitrogens with one attached hydrogen (secondary N) is 1. The molecule has 0 heterocycles. The molecule has 2 aromatic rings. The Labute approximate surface area is 130 Å². The highest BCUT2D eigenvalue weighted by molar-refractivity contribution is 7.80. The molecule has 0 spiro atoms. The Balaban J connectivity index is 2.28. The average Bonchev–Trinajstić information content (AvgIpc) is 2.45. The van der Waals surface area contributed by atoms with E-state index in [1.165, 1.54) is 0 Å². The first-order valence-electron chi connectivity index (χ1n) is 6.72. The molecule has 1 atom stereocenters. The quantitative estimate of drug-likeness (QED) is 0.851. The molecule has 0 aliphatic rings. The third kappa shape index (κ3) is 3.47. The molecule has 0 aliphatic heterocycles. The second-order valence-corrected chi connectivity index (χ2v) is 5.45. The van der Waals surface area contributed by atoms with E-state index in [0.717, 1.165) is 22.4 Å². The van der Waals surface area contributed by atoms with E-state index in [9.17, 15) is 4.79 Å². The minimum atomic E-state index is -0.624. The van der Waals surface area contributed by atoms with Crippen LogP contribution in [0.3, 0.4) is 0 Å². The minimum absolute atomic E-state index is 0.170. The monoisotopic (exact) mass is 298 g/mol. The van der Waals surface area contributed by atoms with E-state index < -0.39 is 5.92 Å². The highest BCUT2D eigenvalue weighted by Crippen LogP contribution is 2.22. The fourth-order valence-corrected chi connectivity index (χ4v) is 2.42. The lowest BCUT2D eigenvalue weighted by atomic mass is 9.97. The van der Waals surface area contributed by atoms with E-state index in [1.807, 2.05) is 62.4 Å². The molecular formula is C17H18N2OS. The predicted octanol–water partition coefficient (Wildman–Crippen LogP) is 3.31. The summed E-state index contributed by atoms with van der Waals surface area (Å²) in [6, 6.07) is 15.1. The fourth-order valence-electron chi connectivity index (χ4n) is 2.18. The van der Waals surface area contributed by atoms with Gasteiger partial charge in [0.25, 0.3) is 0 Å². The highest BCUT2D eigenvalue weighted by Gasteiger charge is 2.23. The van der Waals surface area contributed by atoms with Crippen LogP contribution >= 0.6 is 12.2 Å². The van der Waals surface area contributed by atoms with Crippen LogP contribution in [-0.2, 0) is 4.79 Å². The highest BCUT2D eigenvalue weighted by atomic mass is 32.1. The Morgan fingerprint density at radius 1 is 1.10 bits per heavy atom. The molecule has 2 rings (SSSR count). The van der Waals surface area contributed by atoms with Gasteiger partial charge in [-0.3, -0.25) is 4.79 Å². The van der Waals surface area contributed by atoms with Crippen molar-refractivity contribution < 1.29 is 4.79 Å². The first kappa shape index (κ1) is 15.2. The number of aryl methyl sites for hydroxylation is 1. The maximum Gasteiger partial charge on any atom is 0.238 e. The maximum atomic E-state index is 12.5. The molecule has 0 saturated heterocycles. The van der Waals surface area contributed by atoms with Crippen molar-refractivity contribution in [1.29, 1.82) is 0 Å². The molecule has 1 unspecified atom stereocenters. The summed E-state index contributed by atoms with van der Waals surface area (Å²) in [5.74, 6) is -0.830. The van der Waals surface area contributed by atoms with Gasteiger partial charge in [-0.05, 0) is 36.6 Å². The van der Waals surface area contributed by atoms with Crippen molar-refractivity contribution in [1.82, 2.24) is 0 Å². The molecule has 2 aromatic carbocycles. The van der Waals surface area contributed by atoms with Gasteiger partial charge < -0.3 is 11.1 Å². The fraction of sp³-hybridized carbons (Fsp3) is 0.176. The summed E-state index contributed by atoms with van der Waals surface area (Å²) in [6.45, 7) is 3.98. The Hall–Kier alpha value is -2.20. The Morgan fingerprint density at radius 2 is 1.76 bits per heavy atom. The minimum Gasteiger partial charge on any atom is -0.392 e. The standard InChI is InChI=1S/C17H18N2OS/c1-11-7-6-10-14(12(11)2)19-17(20)15(16(18)21)13-8-4-3-5-9-13/h3-10,15H,1-2H3,(H2,18,21)(H,19,20). The number of carbonyl (C=O) groups excluding carboxylic acids is 1. The number of amides is 1. The van der Waals surface area contributed by atoms with Crippen molar-refractivity contribution in [2.45, 2.75) is 19.8 Å². The van der Waals surface area contributed by atoms with Crippen molar-refractivity contribution in [3.8, 4) is 0 Å². The summed E-state index contributed by atoms with van der Waals surface area (Å²) in [5.41, 5.74) is 9.52. The first-order chi connectivity index (χ1) is 10.0. The summed E-state index contributed by atoms with van der Waals surface area (Å²) in [7, 11) is 0. The van der Waals surface area contributed by atoms with Crippen LogP contribution in [0.4, 0.5) is 5.69 Å². The van der Waals surface area contributed by atoms with Gasteiger partial charge >= 0.3 is 0 Å². The molecule has 0 fully saturated rings. The van der Waals surface area contributed by atoms with Gasteiger partial charge in [0, 0.05) is 5.69 Å². The lowest BCUT2D eigenvalue weighted by Crippen LogP contribution is -2.31. The molecule has 0 radical (unpaired) electrons. The normalized spacial score (nSPS) is 11.7. The van der Waals surface area contributed by atoms with E-state index in [1.54, 1.807) is 0 Å². The molecule has 0 aliphatic carbocycles. The molecule has 0 saturated carbocycles. The number of benzene rings is 2. The van der Waals surface area contributed by atoms with Gasteiger partial charge in [0.1, 0.15) is 5.92 Å². The van der Waals surface area contributed by atoms with Crippen molar-refractivity contribution in [2.24, 2.45) is 5.73 Å². The number of thiocarbonyl (C=S) groups is 1. The lowest BCUT2D eigenvalue weighted by molar-refractivity contribution is -0.116. The van der Waals surface area contributed by atoms with E-state index >= 15 is 0 Å². The molecule has 1 amide bonds. The number of hydrogen-bond donors (Lipinski definition) is 2. The zero-order valence-electron chi connectivity index (χ0n) is 12.1. The van der Waals surface area contributed by atoms with Gasteiger partial charge in [-0.1, -0.05) is 54.7 Å². The Morgan fingerprint density at radius 3 is 2.38 bits per heavy atom.